The normalized spacial score (nSPS) is 21.2. The van der Waals surface area contributed by atoms with Gasteiger partial charge in [0, 0.05) is 10.0 Å². The summed E-state index contributed by atoms with van der Waals surface area (Å²) < 4.78 is 49.7. The van der Waals surface area contributed by atoms with Crippen LogP contribution in [0.1, 0.15) is 59.1 Å². The molecular formula is C36H49Cl2N3O9S. The predicted molar refractivity (Wildman–Crippen MR) is 194 cm³/mol. The summed E-state index contributed by atoms with van der Waals surface area (Å²) in [4.78, 5) is 28.5. The van der Waals surface area contributed by atoms with Gasteiger partial charge in [-0.2, -0.15) is 13.7 Å². The first-order chi connectivity index (χ1) is 23.7. The number of amides is 2. The maximum atomic E-state index is 12.7. The molecule has 2 aliphatic heterocycles. The standard InChI is InChI=1S/C18H23ClN2O3.C18H26ClNO6S/c1-18(2,3)24-17(22)21-11-16(8-9-20)23-12-15(21)10-13-4-6-14(19)7-5-13;1-18(2,3)26-17(21)20-10-16(12-25-27(4,22)23)24-11-15(20)9-13-5-7-14(19)8-6-13/h4-7,15-16H,8,10-12H2,1-3H3;5-8,15-16H,9-12H2,1-4H3/t15-,16-;15-,16+/m00/s1. The maximum absolute atomic E-state index is 12.7. The summed E-state index contributed by atoms with van der Waals surface area (Å²) in [6, 6.07) is 16.7. The van der Waals surface area contributed by atoms with Gasteiger partial charge >= 0.3 is 12.2 Å². The number of rotatable bonds is 8. The summed E-state index contributed by atoms with van der Waals surface area (Å²) in [6.07, 6.45) is 0.795. The molecule has 0 radical (unpaired) electrons. The van der Waals surface area contributed by atoms with Gasteiger partial charge in [-0.05, 0) is 89.8 Å². The summed E-state index contributed by atoms with van der Waals surface area (Å²) in [5, 5.41) is 10.2. The molecule has 2 heterocycles. The number of morpholine rings is 2. The number of halogens is 2. The summed E-state index contributed by atoms with van der Waals surface area (Å²) in [7, 11) is -3.58. The van der Waals surface area contributed by atoms with E-state index in [-0.39, 0.29) is 50.5 Å². The van der Waals surface area contributed by atoms with E-state index in [9.17, 15) is 18.0 Å². The Bertz CT molecular complexity index is 1590. The minimum Gasteiger partial charge on any atom is -0.444 e. The van der Waals surface area contributed by atoms with Crippen molar-refractivity contribution in [3.05, 3.63) is 69.7 Å². The second-order valence-electron chi connectivity index (χ2n) is 14.5. The van der Waals surface area contributed by atoms with Crippen LogP contribution in [0.5, 0.6) is 0 Å². The van der Waals surface area contributed by atoms with Crippen molar-refractivity contribution in [1.29, 1.82) is 5.26 Å². The molecule has 4 atom stereocenters. The third kappa shape index (κ3) is 15.6. The van der Waals surface area contributed by atoms with Crippen molar-refractivity contribution < 1.29 is 41.1 Å². The maximum Gasteiger partial charge on any atom is 0.410 e. The lowest BCUT2D eigenvalue weighted by molar-refractivity contribution is -0.0805. The van der Waals surface area contributed by atoms with E-state index in [1.54, 1.807) is 42.7 Å². The highest BCUT2D eigenvalue weighted by Gasteiger charge is 2.36. The van der Waals surface area contributed by atoms with Gasteiger partial charge in [-0.25, -0.2) is 9.59 Å². The minimum absolute atomic E-state index is 0.129. The fourth-order valence-electron chi connectivity index (χ4n) is 5.25. The van der Waals surface area contributed by atoms with Crippen molar-refractivity contribution in [3.63, 3.8) is 0 Å². The summed E-state index contributed by atoms with van der Waals surface area (Å²) in [6.45, 7) is 11.9. The van der Waals surface area contributed by atoms with Gasteiger partial charge in [0.2, 0.25) is 0 Å². The van der Waals surface area contributed by atoms with Gasteiger partial charge in [0.1, 0.15) is 17.3 Å². The molecule has 0 saturated carbocycles. The van der Waals surface area contributed by atoms with Gasteiger partial charge in [-0.15, -0.1) is 0 Å². The molecule has 0 unspecified atom stereocenters. The molecule has 51 heavy (non-hydrogen) atoms. The van der Waals surface area contributed by atoms with Crippen LogP contribution in [-0.2, 0) is 46.1 Å². The van der Waals surface area contributed by atoms with Gasteiger partial charge in [-0.1, -0.05) is 47.5 Å². The molecule has 0 N–H and O–H groups in total. The molecule has 4 rings (SSSR count). The Balaban J connectivity index is 0.000000277. The van der Waals surface area contributed by atoms with Gasteiger partial charge in [0.25, 0.3) is 10.1 Å². The highest BCUT2D eigenvalue weighted by molar-refractivity contribution is 7.85. The third-order valence-corrected chi connectivity index (χ3v) is 8.61. The quantitative estimate of drug-likeness (QED) is 0.267. The zero-order valence-electron chi connectivity index (χ0n) is 30.3. The lowest BCUT2D eigenvalue weighted by Gasteiger charge is -2.40. The SMILES string of the molecule is CC(C)(C)OC(=O)N1C[C@H](CC#N)OC[C@@H]1Cc1ccc(Cl)cc1.CC(C)(C)OC(=O)N1C[C@H](COS(C)(=O)=O)OC[C@@H]1Cc1ccc(Cl)cc1. The number of carbonyl (C=O) groups excluding carboxylic acids is 2. The number of nitrogens with zero attached hydrogens (tertiary/aromatic N) is 3. The van der Waals surface area contributed by atoms with Crippen LogP contribution in [0.25, 0.3) is 0 Å². The van der Waals surface area contributed by atoms with Crippen molar-refractivity contribution in [1.82, 2.24) is 9.80 Å². The topological polar surface area (TPSA) is 145 Å². The number of nitriles is 1. The van der Waals surface area contributed by atoms with Crippen LogP contribution in [0.2, 0.25) is 10.0 Å². The molecule has 12 nitrogen and oxygen atoms in total. The summed E-state index contributed by atoms with van der Waals surface area (Å²) >= 11 is 11.8. The molecule has 0 aliphatic carbocycles. The Morgan fingerprint density at radius 1 is 0.784 bits per heavy atom. The molecule has 282 valence electrons. The average Bonchev–Trinajstić information content (AvgIpc) is 3.02. The van der Waals surface area contributed by atoms with Crippen molar-refractivity contribution in [2.24, 2.45) is 0 Å². The second kappa shape index (κ2) is 18.6. The molecule has 0 aromatic heterocycles. The Hall–Kier alpha value is -3.12. The van der Waals surface area contributed by atoms with Crippen LogP contribution in [0.15, 0.2) is 48.5 Å². The van der Waals surface area contributed by atoms with Gasteiger partial charge in [-0.3, -0.25) is 14.0 Å². The molecule has 2 aliphatic rings. The van der Waals surface area contributed by atoms with Crippen molar-refractivity contribution >= 4 is 45.5 Å². The monoisotopic (exact) mass is 769 g/mol. The molecule has 0 bridgehead atoms. The minimum atomic E-state index is -3.58. The number of carbonyl (C=O) groups is 2. The van der Waals surface area contributed by atoms with Gasteiger partial charge < -0.3 is 18.9 Å². The van der Waals surface area contributed by atoms with Crippen molar-refractivity contribution in [2.45, 2.75) is 96.3 Å². The molecule has 2 aromatic carbocycles. The fraction of sp³-hybridized carbons (Fsp3) is 0.583. The Labute approximate surface area is 311 Å². The molecule has 2 aromatic rings. The van der Waals surface area contributed by atoms with Crippen LogP contribution in [0, 0.1) is 11.3 Å². The van der Waals surface area contributed by atoms with Gasteiger partial charge in [0.15, 0.2) is 0 Å². The van der Waals surface area contributed by atoms with Crippen molar-refractivity contribution in [3.8, 4) is 6.07 Å². The highest BCUT2D eigenvalue weighted by atomic mass is 35.5. The lowest BCUT2D eigenvalue weighted by Crippen LogP contribution is -2.55. The zero-order valence-corrected chi connectivity index (χ0v) is 32.6. The van der Waals surface area contributed by atoms with E-state index >= 15 is 0 Å². The highest BCUT2D eigenvalue weighted by Crippen LogP contribution is 2.23. The second-order valence-corrected chi connectivity index (χ2v) is 17.0. The van der Waals surface area contributed by atoms with E-state index in [1.807, 2.05) is 57.2 Å². The van der Waals surface area contributed by atoms with Crippen LogP contribution < -0.4 is 0 Å². The number of hydrogen-bond donors (Lipinski definition) is 0. The van der Waals surface area contributed by atoms with Gasteiger partial charge in [0.05, 0.1) is 69.8 Å². The number of hydrogen-bond acceptors (Lipinski definition) is 10. The molecule has 0 spiro atoms. The fourth-order valence-corrected chi connectivity index (χ4v) is 5.90. The van der Waals surface area contributed by atoms with E-state index in [1.165, 1.54) is 0 Å². The van der Waals surface area contributed by atoms with Crippen LogP contribution in [0.3, 0.4) is 0 Å². The molecule has 2 fully saturated rings. The van der Waals surface area contributed by atoms with Crippen LogP contribution in [0.4, 0.5) is 9.59 Å². The van der Waals surface area contributed by atoms with Crippen LogP contribution in [-0.4, -0.2) is 105 Å². The molecule has 2 saturated heterocycles. The van der Waals surface area contributed by atoms with Crippen LogP contribution >= 0.6 is 23.2 Å². The third-order valence-electron chi connectivity index (χ3n) is 7.54. The largest absolute Gasteiger partial charge is 0.444 e. The predicted octanol–water partition coefficient (Wildman–Crippen LogP) is 6.66. The Morgan fingerprint density at radius 2 is 1.18 bits per heavy atom. The Kier molecular flexibility index (Phi) is 15.4. The van der Waals surface area contributed by atoms with E-state index < -0.39 is 33.5 Å². The summed E-state index contributed by atoms with van der Waals surface area (Å²) in [5.41, 5.74) is 0.872. The van der Waals surface area contributed by atoms with E-state index in [2.05, 4.69) is 6.07 Å². The molecular weight excluding hydrogens is 721 g/mol. The molecule has 2 amide bonds. The van der Waals surface area contributed by atoms with E-state index in [0.29, 0.717) is 36.0 Å². The first-order valence-electron chi connectivity index (χ1n) is 16.6. The van der Waals surface area contributed by atoms with Crippen molar-refractivity contribution in [2.75, 3.05) is 39.2 Å². The first kappa shape index (κ1) is 42.3. The smallest absolute Gasteiger partial charge is 0.410 e. The zero-order chi connectivity index (χ0) is 38.0. The first-order valence-corrected chi connectivity index (χ1v) is 19.2. The summed E-state index contributed by atoms with van der Waals surface area (Å²) in [5.74, 6) is 0. The number of benzene rings is 2. The van der Waals surface area contributed by atoms with E-state index in [4.69, 9.17) is 51.6 Å². The Morgan fingerprint density at radius 3 is 1.55 bits per heavy atom. The number of ether oxygens (including phenoxy) is 4. The van der Waals surface area contributed by atoms with E-state index in [0.717, 1.165) is 17.4 Å². The average molecular weight is 771 g/mol. The molecule has 15 heteroatoms. The lowest BCUT2D eigenvalue weighted by atomic mass is 10.0.